The molecule has 1 aliphatic carbocycles. The molecular weight excluding hydrogens is 407 g/mol. The van der Waals surface area contributed by atoms with Crippen LogP contribution in [-0.4, -0.2) is 50.4 Å². The Morgan fingerprint density at radius 2 is 1.81 bits per heavy atom. The van der Waals surface area contributed by atoms with Gasteiger partial charge in [-0.3, -0.25) is 0 Å². The topological polar surface area (TPSA) is 75.0 Å². The first-order valence-electron chi connectivity index (χ1n) is 11.4. The molecule has 1 saturated carbocycles. The van der Waals surface area contributed by atoms with E-state index >= 15 is 0 Å². The summed E-state index contributed by atoms with van der Waals surface area (Å²) in [7, 11) is 0. The summed E-state index contributed by atoms with van der Waals surface area (Å²) in [5.74, 6) is 3.40. The van der Waals surface area contributed by atoms with Crippen LogP contribution in [-0.2, 0) is 6.54 Å². The number of fused-ring (bicyclic) bond motifs is 3. The van der Waals surface area contributed by atoms with Gasteiger partial charge in [-0.1, -0.05) is 0 Å². The molecule has 2 bridgehead atoms. The average Bonchev–Trinajstić information content (AvgIpc) is 3.30. The highest BCUT2D eigenvalue weighted by molar-refractivity contribution is 5.59. The monoisotopic (exact) mass is 434 g/mol. The highest BCUT2D eigenvalue weighted by atomic mass is 19.1. The molecule has 0 unspecified atom stereocenters. The number of anilines is 4. The number of aromatic nitrogens is 5. The van der Waals surface area contributed by atoms with E-state index in [4.69, 9.17) is 10.1 Å². The van der Waals surface area contributed by atoms with Crippen molar-refractivity contribution in [3.05, 3.63) is 48.2 Å². The summed E-state index contributed by atoms with van der Waals surface area (Å²) in [4.78, 5) is 18.1. The maximum absolute atomic E-state index is 13.4. The van der Waals surface area contributed by atoms with Crippen molar-refractivity contribution in [2.75, 3.05) is 34.8 Å². The first-order valence-corrected chi connectivity index (χ1v) is 11.4. The minimum atomic E-state index is -0.228. The lowest BCUT2D eigenvalue weighted by atomic mass is 9.92. The van der Waals surface area contributed by atoms with Crippen LogP contribution in [0.2, 0.25) is 0 Å². The van der Waals surface area contributed by atoms with E-state index in [9.17, 15) is 4.39 Å². The number of hydrogen-bond acceptors (Lipinski definition) is 7. The molecule has 6 rings (SSSR count). The Bertz CT molecular complexity index is 1100. The van der Waals surface area contributed by atoms with Crippen LogP contribution in [0.25, 0.3) is 0 Å². The molecule has 1 saturated heterocycles. The van der Waals surface area contributed by atoms with Gasteiger partial charge in [0.15, 0.2) is 0 Å². The maximum atomic E-state index is 13.4. The van der Waals surface area contributed by atoms with Crippen molar-refractivity contribution in [2.45, 2.75) is 38.8 Å². The Kier molecular flexibility index (Phi) is 4.69. The molecule has 1 N–H and O–H groups in total. The fourth-order valence-corrected chi connectivity index (χ4v) is 5.50. The van der Waals surface area contributed by atoms with Gasteiger partial charge in [0.25, 0.3) is 0 Å². The van der Waals surface area contributed by atoms with Gasteiger partial charge in [0.2, 0.25) is 11.9 Å². The van der Waals surface area contributed by atoms with Crippen molar-refractivity contribution in [1.29, 1.82) is 0 Å². The molecule has 0 radical (unpaired) electrons. The molecule has 166 valence electrons. The summed E-state index contributed by atoms with van der Waals surface area (Å²) in [6.07, 6.45) is 5.05. The third-order valence-corrected chi connectivity index (χ3v) is 7.03. The van der Waals surface area contributed by atoms with Gasteiger partial charge in [0.1, 0.15) is 18.0 Å². The zero-order valence-electron chi connectivity index (χ0n) is 18.2. The van der Waals surface area contributed by atoms with Crippen molar-refractivity contribution in [2.24, 2.45) is 11.8 Å². The molecule has 1 aromatic carbocycles. The zero-order chi connectivity index (χ0) is 21.7. The van der Waals surface area contributed by atoms with Crippen LogP contribution >= 0.6 is 0 Å². The van der Waals surface area contributed by atoms with Crippen LogP contribution in [0.15, 0.2) is 36.7 Å². The number of nitrogens with zero attached hydrogens (tertiary/aromatic N) is 7. The minimum absolute atomic E-state index is 0.228. The smallest absolute Gasteiger partial charge is 0.244 e. The van der Waals surface area contributed by atoms with Crippen molar-refractivity contribution >= 4 is 23.4 Å². The number of rotatable bonds is 4. The van der Waals surface area contributed by atoms with Gasteiger partial charge in [0.05, 0.1) is 0 Å². The SMILES string of the molecule is Cc1cc(N2C[C@H]3CC[C@@H](C2)[C@H]3Nc2nc3n(n2)CCCN3c2ccc(F)cc2)ncn1. The van der Waals surface area contributed by atoms with E-state index in [0.717, 1.165) is 55.7 Å². The fraction of sp³-hybridized carbons (Fsp3) is 0.478. The standard InChI is InChI=1S/C23H27FN8/c1-15-11-20(26-14-25-15)30-12-16-3-4-17(13-30)21(16)27-22-28-23-31(9-2-10-32(23)29-22)19-7-5-18(24)6-8-19/h5-8,11,14,16-17,21H,2-4,9-10,12-13H2,1H3,(H,27,29)/t16-,17+,21+. The fourth-order valence-electron chi connectivity index (χ4n) is 5.50. The number of nitrogens with one attached hydrogen (secondary N) is 1. The molecule has 8 nitrogen and oxygen atoms in total. The summed E-state index contributed by atoms with van der Waals surface area (Å²) in [6, 6.07) is 9.04. The zero-order valence-corrected chi connectivity index (χ0v) is 18.2. The molecule has 0 amide bonds. The van der Waals surface area contributed by atoms with Crippen molar-refractivity contribution < 1.29 is 4.39 Å². The lowest BCUT2D eigenvalue weighted by molar-refractivity contribution is 0.374. The first kappa shape index (κ1) is 19.5. The molecular formula is C23H27FN8. The summed E-state index contributed by atoms with van der Waals surface area (Å²) in [5.41, 5.74) is 1.95. The van der Waals surface area contributed by atoms with Crippen LogP contribution in [0, 0.1) is 24.6 Å². The normalized spacial score (nSPS) is 24.5. The minimum Gasteiger partial charge on any atom is -0.356 e. The molecule has 2 aliphatic heterocycles. The Hall–Kier alpha value is -3.23. The van der Waals surface area contributed by atoms with Crippen molar-refractivity contribution in [1.82, 2.24) is 24.7 Å². The molecule has 3 atom stereocenters. The summed E-state index contributed by atoms with van der Waals surface area (Å²) >= 11 is 0. The number of aryl methyl sites for hydroxylation is 2. The summed E-state index contributed by atoms with van der Waals surface area (Å²) in [6.45, 7) is 5.68. The van der Waals surface area contributed by atoms with E-state index in [2.05, 4.69) is 31.2 Å². The molecule has 3 aromatic rings. The molecule has 0 spiro atoms. The van der Waals surface area contributed by atoms with Gasteiger partial charge >= 0.3 is 0 Å². The number of hydrogen-bond donors (Lipinski definition) is 1. The quantitative estimate of drug-likeness (QED) is 0.675. The van der Waals surface area contributed by atoms with Crippen LogP contribution in [0.3, 0.4) is 0 Å². The van der Waals surface area contributed by atoms with Crippen LogP contribution < -0.4 is 15.1 Å². The Labute approximate surface area is 186 Å². The van der Waals surface area contributed by atoms with E-state index in [1.54, 1.807) is 18.5 Å². The van der Waals surface area contributed by atoms with Gasteiger partial charge in [-0.15, -0.1) is 5.10 Å². The van der Waals surface area contributed by atoms with E-state index in [-0.39, 0.29) is 5.82 Å². The lowest BCUT2D eigenvalue weighted by Crippen LogP contribution is -2.48. The number of piperidine rings is 1. The Balaban J connectivity index is 1.20. The number of halogens is 1. The molecule has 2 aromatic heterocycles. The molecule has 32 heavy (non-hydrogen) atoms. The maximum Gasteiger partial charge on any atom is 0.244 e. The molecule has 3 aliphatic rings. The van der Waals surface area contributed by atoms with Gasteiger partial charge in [-0.05, 0) is 62.3 Å². The van der Waals surface area contributed by atoms with E-state index in [1.165, 1.54) is 25.0 Å². The number of benzene rings is 1. The average molecular weight is 435 g/mol. The second kappa shape index (κ2) is 7.72. The molecule has 2 fully saturated rings. The van der Waals surface area contributed by atoms with Gasteiger partial charge in [0, 0.05) is 49.7 Å². The van der Waals surface area contributed by atoms with E-state index in [0.29, 0.717) is 23.8 Å². The van der Waals surface area contributed by atoms with E-state index < -0.39 is 0 Å². The first-order chi connectivity index (χ1) is 15.6. The predicted octanol–water partition coefficient (Wildman–Crippen LogP) is 3.38. The third-order valence-electron chi connectivity index (χ3n) is 7.03. The van der Waals surface area contributed by atoms with Gasteiger partial charge < -0.3 is 15.1 Å². The second-order valence-electron chi connectivity index (χ2n) is 9.13. The summed E-state index contributed by atoms with van der Waals surface area (Å²) in [5, 5.41) is 8.44. The van der Waals surface area contributed by atoms with Gasteiger partial charge in [-0.2, -0.15) is 4.98 Å². The van der Waals surface area contributed by atoms with Crippen LogP contribution in [0.1, 0.15) is 25.0 Å². The Morgan fingerprint density at radius 1 is 1.03 bits per heavy atom. The van der Waals surface area contributed by atoms with Crippen molar-refractivity contribution in [3.63, 3.8) is 0 Å². The predicted molar refractivity (Wildman–Crippen MR) is 121 cm³/mol. The third kappa shape index (κ3) is 3.45. The Morgan fingerprint density at radius 3 is 2.56 bits per heavy atom. The molecule has 9 heteroatoms. The lowest BCUT2D eigenvalue weighted by Gasteiger charge is -2.38. The highest BCUT2D eigenvalue weighted by Gasteiger charge is 2.43. The van der Waals surface area contributed by atoms with Crippen molar-refractivity contribution in [3.8, 4) is 0 Å². The molecule has 4 heterocycles. The van der Waals surface area contributed by atoms with E-state index in [1.807, 2.05) is 11.6 Å². The van der Waals surface area contributed by atoms with Gasteiger partial charge in [-0.25, -0.2) is 19.0 Å². The largest absolute Gasteiger partial charge is 0.356 e. The van der Waals surface area contributed by atoms with Crippen LogP contribution in [0.5, 0.6) is 0 Å². The second-order valence-corrected chi connectivity index (χ2v) is 9.13. The summed E-state index contributed by atoms with van der Waals surface area (Å²) < 4.78 is 15.3. The van der Waals surface area contributed by atoms with Crippen LogP contribution in [0.4, 0.5) is 27.8 Å². The highest BCUT2D eigenvalue weighted by Crippen LogP contribution is 2.40.